The fourth-order valence-corrected chi connectivity index (χ4v) is 3.89. The van der Waals surface area contributed by atoms with E-state index in [1.54, 1.807) is 19.5 Å². The van der Waals surface area contributed by atoms with E-state index in [-0.39, 0.29) is 0 Å². The molecular formula is C26H25ClN4O2. The van der Waals surface area contributed by atoms with Crippen molar-refractivity contribution in [2.45, 2.75) is 26.7 Å². The number of rotatable bonds is 7. The smallest absolute Gasteiger partial charge is 0.213 e. The zero-order valence-corrected chi connectivity index (χ0v) is 19.6. The normalized spacial score (nSPS) is 14.2. The Kier molecular flexibility index (Phi) is 5.54. The highest BCUT2D eigenvalue weighted by molar-refractivity contribution is 6.33. The number of hydrogen-bond acceptors (Lipinski definition) is 5. The molecule has 0 aliphatic heterocycles. The number of nitrogens with zero attached hydrogens (tertiary/aromatic N) is 3. The molecule has 0 bridgehead atoms. The highest BCUT2D eigenvalue weighted by Gasteiger charge is 2.38. The summed E-state index contributed by atoms with van der Waals surface area (Å²) in [5, 5.41) is 0.518. The van der Waals surface area contributed by atoms with Gasteiger partial charge in [0.15, 0.2) is 5.82 Å². The Morgan fingerprint density at radius 1 is 1.00 bits per heavy atom. The van der Waals surface area contributed by atoms with Gasteiger partial charge in [-0.2, -0.15) is 0 Å². The first-order valence-electron chi connectivity index (χ1n) is 10.9. The number of ether oxygens (including phenoxy) is 2. The van der Waals surface area contributed by atoms with Crippen molar-refractivity contribution in [3.63, 3.8) is 0 Å². The second kappa shape index (κ2) is 8.52. The number of methoxy groups -OCH3 is 1. The quantitative estimate of drug-likeness (QED) is 0.348. The number of pyridine rings is 2. The molecule has 0 atom stereocenters. The Morgan fingerprint density at radius 3 is 2.45 bits per heavy atom. The SMILES string of the molecule is COc1ccc(-c2cnc(-c3ncc(-c4cnc(OCC5(C)CC5)cc4C)cc3Cl)[nH]2)cc1. The van der Waals surface area contributed by atoms with Crippen LogP contribution in [-0.2, 0) is 0 Å². The minimum absolute atomic E-state index is 0.320. The third-order valence-electron chi connectivity index (χ3n) is 6.11. The number of H-pyrrole nitrogens is 1. The fraction of sp³-hybridized carbons (Fsp3) is 0.269. The van der Waals surface area contributed by atoms with Crippen LogP contribution in [0, 0.1) is 12.3 Å². The number of hydrogen-bond donors (Lipinski definition) is 1. The van der Waals surface area contributed by atoms with Gasteiger partial charge in [-0.25, -0.2) is 9.97 Å². The summed E-state index contributed by atoms with van der Waals surface area (Å²) in [5.74, 6) is 2.08. The molecule has 1 saturated carbocycles. The maximum absolute atomic E-state index is 6.61. The molecule has 1 aromatic carbocycles. The van der Waals surface area contributed by atoms with Gasteiger partial charge in [0, 0.05) is 35.0 Å². The van der Waals surface area contributed by atoms with E-state index in [2.05, 4.69) is 26.9 Å². The molecule has 1 aliphatic rings. The number of halogens is 1. The molecule has 33 heavy (non-hydrogen) atoms. The van der Waals surface area contributed by atoms with Crippen LogP contribution in [0.25, 0.3) is 33.9 Å². The molecule has 4 aromatic rings. The Labute approximate surface area is 198 Å². The van der Waals surface area contributed by atoms with Crippen LogP contribution in [-0.4, -0.2) is 33.7 Å². The van der Waals surface area contributed by atoms with Gasteiger partial charge >= 0.3 is 0 Å². The molecule has 1 fully saturated rings. The molecule has 1 aliphatic carbocycles. The Morgan fingerprint density at radius 2 is 1.79 bits per heavy atom. The minimum Gasteiger partial charge on any atom is -0.497 e. The highest BCUT2D eigenvalue weighted by atomic mass is 35.5. The van der Waals surface area contributed by atoms with Gasteiger partial charge in [0.25, 0.3) is 0 Å². The Hall–Kier alpha value is -3.38. The van der Waals surface area contributed by atoms with E-state index in [0.29, 0.717) is 34.4 Å². The van der Waals surface area contributed by atoms with E-state index < -0.39 is 0 Å². The minimum atomic E-state index is 0.320. The Balaban J connectivity index is 1.36. The van der Waals surface area contributed by atoms with Gasteiger partial charge < -0.3 is 14.5 Å². The largest absolute Gasteiger partial charge is 0.497 e. The van der Waals surface area contributed by atoms with E-state index >= 15 is 0 Å². The van der Waals surface area contributed by atoms with Gasteiger partial charge in [0.2, 0.25) is 5.88 Å². The van der Waals surface area contributed by atoms with Crippen molar-refractivity contribution in [3.8, 4) is 45.5 Å². The lowest BCUT2D eigenvalue weighted by atomic mass is 10.0. The van der Waals surface area contributed by atoms with E-state index in [1.165, 1.54) is 12.8 Å². The predicted molar refractivity (Wildman–Crippen MR) is 130 cm³/mol. The standard InChI is InChI=1S/C26H25ClN4O2/c1-16-10-23(33-15-26(2)8-9-26)28-13-20(16)18-11-21(27)24(29-12-18)25-30-14-22(31-25)17-4-6-19(32-3)7-5-17/h4-7,10-14H,8-9,15H2,1-3H3,(H,30,31). The van der Waals surface area contributed by atoms with Crippen LogP contribution < -0.4 is 9.47 Å². The van der Waals surface area contributed by atoms with Gasteiger partial charge in [-0.15, -0.1) is 0 Å². The molecule has 0 amide bonds. The third kappa shape index (κ3) is 4.57. The summed E-state index contributed by atoms with van der Waals surface area (Å²) in [5.41, 5.74) is 5.73. The summed E-state index contributed by atoms with van der Waals surface area (Å²) in [6, 6.07) is 11.6. The van der Waals surface area contributed by atoms with Crippen molar-refractivity contribution >= 4 is 11.6 Å². The van der Waals surface area contributed by atoms with Crippen molar-refractivity contribution in [2.24, 2.45) is 5.41 Å². The van der Waals surface area contributed by atoms with Gasteiger partial charge in [0.1, 0.15) is 11.4 Å². The molecule has 0 spiro atoms. The van der Waals surface area contributed by atoms with Crippen LogP contribution in [0.5, 0.6) is 11.6 Å². The average Bonchev–Trinajstić information content (AvgIpc) is 3.36. The number of nitrogens with one attached hydrogen (secondary N) is 1. The average molecular weight is 461 g/mol. The maximum atomic E-state index is 6.61. The van der Waals surface area contributed by atoms with Crippen LogP contribution in [0.1, 0.15) is 25.3 Å². The number of benzene rings is 1. The number of aromatic nitrogens is 4. The molecule has 0 radical (unpaired) electrons. The van der Waals surface area contributed by atoms with Crippen LogP contribution in [0.4, 0.5) is 0 Å². The van der Waals surface area contributed by atoms with Crippen molar-refractivity contribution in [3.05, 3.63) is 65.6 Å². The van der Waals surface area contributed by atoms with Crippen LogP contribution in [0.2, 0.25) is 5.02 Å². The van der Waals surface area contributed by atoms with Crippen LogP contribution in [0.3, 0.4) is 0 Å². The first-order valence-corrected chi connectivity index (χ1v) is 11.3. The van der Waals surface area contributed by atoms with Crippen LogP contribution in [0.15, 0.2) is 55.0 Å². The first kappa shape index (κ1) is 21.5. The van der Waals surface area contributed by atoms with Crippen molar-refractivity contribution in [1.29, 1.82) is 0 Å². The highest BCUT2D eigenvalue weighted by Crippen LogP contribution is 2.45. The second-order valence-corrected chi connectivity index (χ2v) is 9.27. The molecule has 3 heterocycles. The van der Waals surface area contributed by atoms with Crippen molar-refractivity contribution in [2.75, 3.05) is 13.7 Å². The van der Waals surface area contributed by atoms with Crippen molar-refractivity contribution in [1.82, 2.24) is 19.9 Å². The summed E-state index contributed by atoms with van der Waals surface area (Å²) in [4.78, 5) is 16.9. The van der Waals surface area contributed by atoms with E-state index in [4.69, 9.17) is 21.1 Å². The zero-order chi connectivity index (χ0) is 23.0. The van der Waals surface area contributed by atoms with E-state index in [1.807, 2.05) is 49.5 Å². The molecule has 5 rings (SSSR count). The van der Waals surface area contributed by atoms with Gasteiger partial charge in [-0.1, -0.05) is 18.5 Å². The monoisotopic (exact) mass is 460 g/mol. The lowest BCUT2D eigenvalue weighted by Crippen LogP contribution is -2.09. The molecule has 0 unspecified atom stereocenters. The predicted octanol–water partition coefficient (Wildman–Crippen LogP) is 6.35. The molecule has 7 heteroatoms. The number of imidazole rings is 1. The topological polar surface area (TPSA) is 72.9 Å². The molecule has 168 valence electrons. The molecule has 0 saturated heterocycles. The van der Waals surface area contributed by atoms with Gasteiger partial charge in [-0.05, 0) is 61.2 Å². The van der Waals surface area contributed by atoms with Crippen LogP contribution >= 0.6 is 11.6 Å². The summed E-state index contributed by atoms with van der Waals surface area (Å²) in [6.45, 7) is 4.99. The lowest BCUT2D eigenvalue weighted by molar-refractivity contribution is 0.238. The molecule has 1 N–H and O–H groups in total. The van der Waals surface area contributed by atoms with Gasteiger partial charge in [0.05, 0.1) is 30.6 Å². The van der Waals surface area contributed by atoms with E-state index in [0.717, 1.165) is 33.7 Å². The summed E-state index contributed by atoms with van der Waals surface area (Å²) in [7, 11) is 1.65. The third-order valence-corrected chi connectivity index (χ3v) is 6.40. The van der Waals surface area contributed by atoms with Gasteiger partial charge in [-0.3, -0.25) is 4.98 Å². The fourth-order valence-electron chi connectivity index (χ4n) is 3.64. The molecule has 6 nitrogen and oxygen atoms in total. The summed E-state index contributed by atoms with van der Waals surface area (Å²) >= 11 is 6.61. The number of aryl methyl sites for hydroxylation is 1. The number of aromatic amines is 1. The summed E-state index contributed by atoms with van der Waals surface area (Å²) in [6.07, 6.45) is 7.84. The van der Waals surface area contributed by atoms with E-state index in [9.17, 15) is 0 Å². The first-order chi connectivity index (χ1) is 15.9. The summed E-state index contributed by atoms with van der Waals surface area (Å²) < 4.78 is 11.1. The molecular weight excluding hydrogens is 436 g/mol. The zero-order valence-electron chi connectivity index (χ0n) is 18.9. The lowest BCUT2D eigenvalue weighted by Gasteiger charge is -2.12. The van der Waals surface area contributed by atoms with Crippen molar-refractivity contribution < 1.29 is 9.47 Å². The second-order valence-electron chi connectivity index (χ2n) is 8.87. The maximum Gasteiger partial charge on any atom is 0.213 e. The Bertz CT molecular complexity index is 1300. The molecule has 3 aromatic heterocycles.